The molecule has 152 valence electrons. The molecule has 0 aliphatic carbocycles. The maximum Gasteiger partial charge on any atom is 0.244 e. The van der Waals surface area contributed by atoms with E-state index in [9.17, 15) is 9.59 Å². The number of amides is 2. The zero-order valence-electron chi connectivity index (χ0n) is 16.7. The quantitative estimate of drug-likeness (QED) is 0.616. The topological polar surface area (TPSA) is 49.4 Å². The third kappa shape index (κ3) is 3.96. The molecule has 0 fully saturated rings. The highest BCUT2D eigenvalue weighted by Gasteiger charge is 2.36. The van der Waals surface area contributed by atoms with Crippen LogP contribution in [0.15, 0.2) is 78.9 Å². The number of nitrogens with zero attached hydrogens (tertiary/aromatic N) is 1. The summed E-state index contributed by atoms with van der Waals surface area (Å²) in [5.74, 6) is -0.611. The molecular formula is C25H23ClN2O2. The van der Waals surface area contributed by atoms with E-state index in [2.05, 4.69) is 5.32 Å². The van der Waals surface area contributed by atoms with E-state index in [0.29, 0.717) is 17.1 Å². The van der Waals surface area contributed by atoms with Crippen molar-refractivity contribution in [3.05, 3.63) is 101 Å². The van der Waals surface area contributed by atoms with Gasteiger partial charge in [0, 0.05) is 16.3 Å². The van der Waals surface area contributed by atoms with Gasteiger partial charge in [0.1, 0.15) is 6.54 Å². The molecular weight excluding hydrogens is 396 g/mol. The summed E-state index contributed by atoms with van der Waals surface area (Å²) < 4.78 is 0. The van der Waals surface area contributed by atoms with Gasteiger partial charge in [0.2, 0.25) is 11.8 Å². The molecule has 3 aromatic rings. The molecule has 30 heavy (non-hydrogen) atoms. The molecule has 3 aromatic carbocycles. The van der Waals surface area contributed by atoms with Crippen molar-refractivity contribution in [2.75, 3.05) is 11.9 Å². The number of benzene rings is 3. The van der Waals surface area contributed by atoms with Gasteiger partial charge in [-0.3, -0.25) is 9.59 Å². The van der Waals surface area contributed by atoms with E-state index < -0.39 is 6.04 Å². The minimum Gasteiger partial charge on any atom is -0.324 e. The van der Waals surface area contributed by atoms with Gasteiger partial charge in [0.25, 0.3) is 0 Å². The molecule has 0 unspecified atom stereocenters. The Balaban J connectivity index is 1.85. The van der Waals surface area contributed by atoms with Crippen molar-refractivity contribution in [2.45, 2.75) is 25.3 Å². The van der Waals surface area contributed by atoms with Crippen LogP contribution < -0.4 is 5.32 Å². The second-order valence-electron chi connectivity index (χ2n) is 7.43. The number of carbonyl (C=O) groups excluding carboxylic acids is 2. The molecule has 0 spiro atoms. The van der Waals surface area contributed by atoms with Crippen molar-refractivity contribution < 1.29 is 9.59 Å². The van der Waals surface area contributed by atoms with Gasteiger partial charge in [-0.25, -0.2) is 0 Å². The molecule has 2 amide bonds. The van der Waals surface area contributed by atoms with Crippen molar-refractivity contribution in [3.63, 3.8) is 0 Å². The Kier molecular flexibility index (Phi) is 5.86. The van der Waals surface area contributed by atoms with Gasteiger partial charge < -0.3 is 10.2 Å². The van der Waals surface area contributed by atoms with Crippen LogP contribution >= 0.6 is 11.6 Å². The first-order valence-electron chi connectivity index (χ1n) is 10.1. The smallest absolute Gasteiger partial charge is 0.244 e. The number of hydrogen-bond donors (Lipinski definition) is 1. The molecule has 0 saturated carbocycles. The van der Waals surface area contributed by atoms with E-state index in [1.165, 1.54) is 0 Å². The average molecular weight is 419 g/mol. The third-order valence-corrected chi connectivity index (χ3v) is 5.75. The number of rotatable bonds is 4. The Labute approximate surface area is 181 Å². The zero-order chi connectivity index (χ0) is 21.1. The lowest BCUT2D eigenvalue weighted by atomic mass is 9.91. The highest BCUT2D eigenvalue weighted by Crippen LogP contribution is 2.39. The summed E-state index contributed by atoms with van der Waals surface area (Å²) in [6.45, 7) is 1.98. The summed E-state index contributed by atoms with van der Waals surface area (Å²) in [5, 5.41) is 3.50. The van der Waals surface area contributed by atoms with Crippen molar-refractivity contribution >= 4 is 29.1 Å². The molecule has 1 N–H and O–H groups in total. The van der Waals surface area contributed by atoms with Gasteiger partial charge in [0.15, 0.2) is 0 Å². The summed E-state index contributed by atoms with van der Waals surface area (Å²) >= 11 is 6.32. The van der Waals surface area contributed by atoms with Gasteiger partial charge >= 0.3 is 0 Å². The van der Waals surface area contributed by atoms with Crippen LogP contribution in [-0.2, 0) is 9.59 Å². The van der Waals surface area contributed by atoms with E-state index in [4.69, 9.17) is 11.6 Å². The van der Waals surface area contributed by atoms with Crippen LogP contribution in [0.25, 0.3) is 0 Å². The minimum atomic E-state index is -0.413. The standard InChI is InChI=1S/C25H23ClN2O2/c1-2-20(17-9-5-3-6-10-17)25(30)28-16-23(29)27-22-14-13-19(26)15-21(22)24(28)18-11-7-4-8-12-18/h3-15,20,24H,2,16H2,1H3,(H,27,29)/t20-,24-/m1/s1. The summed E-state index contributed by atoms with van der Waals surface area (Å²) in [5.41, 5.74) is 3.39. The highest BCUT2D eigenvalue weighted by atomic mass is 35.5. The van der Waals surface area contributed by atoms with Gasteiger partial charge in [-0.1, -0.05) is 79.2 Å². The Morgan fingerprint density at radius 3 is 2.40 bits per heavy atom. The van der Waals surface area contributed by atoms with Crippen LogP contribution in [0.2, 0.25) is 5.02 Å². The fourth-order valence-electron chi connectivity index (χ4n) is 4.12. The van der Waals surface area contributed by atoms with E-state index >= 15 is 0 Å². The normalized spacial score (nSPS) is 16.9. The summed E-state index contributed by atoms with van der Waals surface area (Å²) in [6, 6.07) is 24.5. The first kappa shape index (κ1) is 20.2. The van der Waals surface area contributed by atoms with Crippen molar-refractivity contribution in [3.8, 4) is 0 Å². The van der Waals surface area contributed by atoms with Crippen LogP contribution in [0.4, 0.5) is 5.69 Å². The Morgan fingerprint density at radius 1 is 1.07 bits per heavy atom. The number of hydrogen-bond acceptors (Lipinski definition) is 2. The zero-order valence-corrected chi connectivity index (χ0v) is 17.5. The largest absolute Gasteiger partial charge is 0.324 e. The minimum absolute atomic E-state index is 0.0198. The molecule has 4 nitrogen and oxygen atoms in total. The van der Waals surface area contributed by atoms with Crippen LogP contribution in [0.5, 0.6) is 0 Å². The number of anilines is 1. The third-order valence-electron chi connectivity index (χ3n) is 5.51. The van der Waals surface area contributed by atoms with E-state index in [-0.39, 0.29) is 24.3 Å². The number of carbonyl (C=O) groups is 2. The summed E-state index contributed by atoms with van der Waals surface area (Å²) in [6.07, 6.45) is 0.644. The molecule has 0 aromatic heterocycles. The van der Waals surface area contributed by atoms with Crippen molar-refractivity contribution in [1.29, 1.82) is 0 Å². The SMILES string of the molecule is CC[C@@H](C(=O)N1CC(=O)Nc2ccc(Cl)cc2[C@H]1c1ccccc1)c1ccccc1. The molecule has 1 aliphatic heterocycles. The van der Waals surface area contributed by atoms with E-state index in [1.54, 1.807) is 17.0 Å². The molecule has 1 heterocycles. The molecule has 0 saturated heterocycles. The maximum atomic E-state index is 13.8. The van der Waals surface area contributed by atoms with E-state index in [1.807, 2.05) is 73.7 Å². The molecule has 1 aliphatic rings. The molecule has 5 heteroatoms. The highest BCUT2D eigenvalue weighted by molar-refractivity contribution is 6.30. The fourth-order valence-corrected chi connectivity index (χ4v) is 4.30. The second-order valence-corrected chi connectivity index (χ2v) is 7.87. The van der Waals surface area contributed by atoms with Crippen molar-refractivity contribution in [2.24, 2.45) is 0 Å². The van der Waals surface area contributed by atoms with Gasteiger partial charge in [-0.15, -0.1) is 0 Å². The van der Waals surface area contributed by atoms with Gasteiger partial charge in [0.05, 0.1) is 12.0 Å². The maximum absolute atomic E-state index is 13.8. The number of halogens is 1. The van der Waals surface area contributed by atoms with E-state index in [0.717, 1.165) is 16.7 Å². The van der Waals surface area contributed by atoms with Crippen LogP contribution in [0.3, 0.4) is 0 Å². The second kappa shape index (κ2) is 8.72. The fraction of sp³-hybridized carbons (Fsp3) is 0.200. The van der Waals surface area contributed by atoms with Gasteiger partial charge in [-0.2, -0.15) is 0 Å². The van der Waals surface area contributed by atoms with Crippen LogP contribution in [0.1, 0.15) is 42.0 Å². The summed E-state index contributed by atoms with van der Waals surface area (Å²) in [4.78, 5) is 28.2. The summed E-state index contributed by atoms with van der Waals surface area (Å²) in [7, 11) is 0. The lowest BCUT2D eigenvalue weighted by Gasteiger charge is -2.33. The lowest BCUT2D eigenvalue weighted by Crippen LogP contribution is -2.41. The lowest BCUT2D eigenvalue weighted by molar-refractivity contribution is -0.137. The molecule has 0 bridgehead atoms. The first-order chi connectivity index (χ1) is 14.6. The molecule has 4 rings (SSSR count). The first-order valence-corrected chi connectivity index (χ1v) is 10.5. The Morgan fingerprint density at radius 2 is 1.73 bits per heavy atom. The van der Waals surface area contributed by atoms with Crippen LogP contribution in [-0.4, -0.2) is 23.3 Å². The number of nitrogens with one attached hydrogen (secondary N) is 1. The number of fused-ring (bicyclic) bond motifs is 1. The predicted octanol–water partition coefficient (Wildman–Crippen LogP) is 5.40. The van der Waals surface area contributed by atoms with Crippen LogP contribution in [0, 0.1) is 0 Å². The Bertz CT molecular complexity index is 1050. The average Bonchev–Trinajstić information content (AvgIpc) is 2.91. The molecule has 0 radical (unpaired) electrons. The monoisotopic (exact) mass is 418 g/mol. The van der Waals surface area contributed by atoms with Gasteiger partial charge in [-0.05, 0) is 35.7 Å². The molecule has 2 atom stereocenters. The Hall–Kier alpha value is -3.11. The predicted molar refractivity (Wildman–Crippen MR) is 120 cm³/mol. The van der Waals surface area contributed by atoms with Crippen molar-refractivity contribution in [1.82, 2.24) is 4.90 Å².